The number of benzene rings is 3. The van der Waals surface area contributed by atoms with Crippen molar-refractivity contribution < 1.29 is 0 Å². The molecule has 0 spiro atoms. The van der Waals surface area contributed by atoms with Gasteiger partial charge in [-0.05, 0) is 30.0 Å². The maximum absolute atomic E-state index is 6.20. The molecule has 2 N–H and O–H groups in total. The van der Waals surface area contributed by atoms with Crippen molar-refractivity contribution in [2.45, 2.75) is 6.92 Å². The topological polar surface area (TPSA) is 43.8 Å². The molecule has 0 amide bonds. The van der Waals surface area contributed by atoms with Crippen LogP contribution in [0.25, 0.3) is 27.5 Å². The van der Waals surface area contributed by atoms with Crippen LogP contribution >= 0.6 is 0 Å². The number of nitrogens with zero attached hydrogens (tertiary/aromatic N) is 2. The Morgan fingerprint density at radius 2 is 1.67 bits per heavy atom. The van der Waals surface area contributed by atoms with Crippen LogP contribution in [-0.2, 0) is 0 Å². The molecule has 3 nitrogen and oxygen atoms in total. The Kier molecular flexibility index (Phi) is 2.48. The first-order valence-electron chi connectivity index (χ1n) is 6.97. The second-order valence-electron chi connectivity index (χ2n) is 5.25. The summed E-state index contributed by atoms with van der Waals surface area (Å²) in [5.41, 5.74) is 10.4. The van der Waals surface area contributed by atoms with Crippen LogP contribution in [0.2, 0.25) is 0 Å². The third kappa shape index (κ3) is 1.71. The average molecular weight is 273 g/mol. The highest BCUT2D eigenvalue weighted by atomic mass is 15.2. The zero-order valence-electron chi connectivity index (χ0n) is 11.7. The third-order valence-electron chi connectivity index (χ3n) is 3.91. The highest BCUT2D eigenvalue weighted by Gasteiger charge is 2.13. The Balaban J connectivity index is 2.17. The van der Waals surface area contributed by atoms with Crippen LogP contribution in [0.15, 0.2) is 60.7 Å². The van der Waals surface area contributed by atoms with Gasteiger partial charge in [-0.2, -0.15) is 0 Å². The number of hydrogen-bond acceptors (Lipinski definition) is 2. The van der Waals surface area contributed by atoms with Crippen molar-refractivity contribution in [1.29, 1.82) is 0 Å². The van der Waals surface area contributed by atoms with Crippen LogP contribution in [0.4, 0.5) is 5.95 Å². The fourth-order valence-electron chi connectivity index (χ4n) is 2.96. The number of nitrogen functional groups attached to an aromatic ring is 1. The molecule has 0 fully saturated rings. The van der Waals surface area contributed by atoms with E-state index in [4.69, 9.17) is 5.73 Å². The molecule has 3 heteroatoms. The summed E-state index contributed by atoms with van der Waals surface area (Å²) in [4.78, 5) is 4.50. The van der Waals surface area contributed by atoms with Crippen LogP contribution < -0.4 is 5.73 Å². The lowest BCUT2D eigenvalue weighted by Gasteiger charge is -2.11. The number of fused-ring (bicyclic) bond motifs is 2. The van der Waals surface area contributed by atoms with Gasteiger partial charge in [-0.15, -0.1) is 0 Å². The molecule has 0 aliphatic rings. The molecule has 0 unspecified atom stereocenters. The van der Waals surface area contributed by atoms with E-state index in [1.165, 1.54) is 16.3 Å². The van der Waals surface area contributed by atoms with Gasteiger partial charge in [-0.1, -0.05) is 48.5 Å². The van der Waals surface area contributed by atoms with Gasteiger partial charge in [-0.3, -0.25) is 4.57 Å². The lowest BCUT2D eigenvalue weighted by atomic mass is 10.1. The van der Waals surface area contributed by atoms with Crippen molar-refractivity contribution in [2.24, 2.45) is 0 Å². The van der Waals surface area contributed by atoms with E-state index >= 15 is 0 Å². The second-order valence-corrected chi connectivity index (χ2v) is 5.25. The molecule has 4 rings (SSSR count). The lowest BCUT2D eigenvalue weighted by molar-refractivity contribution is 1.12. The molecule has 4 aromatic rings. The van der Waals surface area contributed by atoms with E-state index in [0.29, 0.717) is 5.95 Å². The first kappa shape index (κ1) is 12.0. The SMILES string of the molecule is Cc1cccc2nc(N)n(-c3cccc4ccccc34)c12. The number of hydrogen-bond donors (Lipinski definition) is 1. The molecule has 1 heterocycles. The van der Waals surface area contributed by atoms with E-state index in [1.807, 2.05) is 28.8 Å². The summed E-state index contributed by atoms with van der Waals surface area (Å²) >= 11 is 0. The van der Waals surface area contributed by atoms with Gasteiger partial charge in [0.2, 0.25) is 5.95 Å². The molecule has 0 aliphatic heterocycles. The minimum absolute atomic E-state index is 0.524. The van der Waals surface area contributed by atoms with Gasteiger partial charge in [0, 0.05) is 5.39 Å². The quantitative estimate of drug-likeness (QED) is 0.568. The van der Waals surface area contributed by atoms with E-state index in [1.54, 1.807) is 0 Å². The molecular weight excluding hydrogens is 258 g/mol. The van der Waals surface area contributed by atoms with E-state index in [2.05, 4.69) is 48.3 Å². The predicted molar refractivity (Wildman–Crippen MR) is 87.7 cm³/mol. The van der Waals surface area contributed by atoms with Gasteiger partial charge in [0.05, 0.1) is 16.7 Å². The van der Waals surface area contributed by atoms with Crippen molar-refractivity contribution in [3.8, 4) is 5.69 Å². The maximum Gasteiger partial charge on any atom is 0.205 e. The molecule has 102 valence electrons. The smallest absolute Gasteiger partial charge is 0.205 e. The van der Waals surface area contributed by atoms with Crippen LogP contribution in [0.5, 0.6) is 0 Å². The van der Waals surface area contributed by atoms with Gasteiger partial charge in [0.1, 0.15) is 0 Å². The first-order chi connectivity index (χ1) is 10.3. The fourth-order valence-corrected chi connectivity index (χ4v) is 2.96. The third-order valence-corrected chi connectivity index (χ3v) is 3.91. The molecule has 0 bridgehead atoms. The molecule has 3 aromatic carbocycles. The molecule has 21 heavy (non-hydrogen) atoms. The van der Waals surface area contributed by atoms with Crippen molar-refractivity contribution in [3.05, 3.63) is 66.2 Å². The normalized spacial score (nSPS) is 11.3. The van der Waals surface area contributed by atoms with Crippen LogP contribution in [0, 0.1) is 6.92 Å². The Bertz CT molecular complexity index is 961. The number of anilines is 1. The monoisotopic (exact) mass is 273 g/mol. The molecule has 0 saturated heterocycles. The average Bonchev–Trinajstić information content (AvgIpc) is 2.84. The van der Waals surface area contributed by atoms with E-state index in [0.717, 1.165) is 16.7 Å². The molecule has 0 radical (unpaired) electrons. The van der Waals surface area contributed by atoms with Crippen molar-refractivity contribution in [2.75, 3.05) is 5.73 Å². The van der Waals surface area contributed by atoms with Gasteiger partial charge in [0.15, 0.2) is 0 Å². The Hall–Kier alpha value is -2.81. The summed E-state index contributed by atoms with van der Waals surface area (Å²) in [5.74, 6) is 0.524. The van der Waals surface area contributed by atoms with Crippen LogP contribution in [0.3, 0.4) is 0 Å². The van der Waals surface area contributed by atoms with E-state index < -0.39 is 0 Å². The Morgan fingerprint density at radius 3 is 2.57 bits per heavy atom. The summed E-state index contributed by atoms with van der Waals surface area (Å²) in [6.07, 6.45) is 0. The summed E-state index contributed by atoms with van der Waals surface area (Å²) in [7, 11) is 0. The predicted octanol–water partition coefficient (Wildman–Crippen LogP) is 4.07. The zero-order chi connectivity index (χ0) is 14.4. The van der Waals surface area contributed by atoms with Crippen molar-refractivity contribution >= 4 is 27.8 Å². The molecule has 0 saturated carbocycles. The van der Waals surface area contributed by atoms with Crippen molar-refractivity contribution in [3.63, 3.8) is 0 Å². The first-order valence-corrected chi connectivity index (χ1v) is 6.97. The minimum Gasteiger partial charge on any atom is -0.369 e. The number of aryl methyl sites for hydroxylation is 1. The number of imidazole rings is 1. The number of rotatable bonds is 1. The summed E-state index contributed by atoms with van der Waals surface area (Å²) < 4.78 is 2.05. The van der Waals surface area contributed by atoms with E-state index in [9.17, 15) is 0 Å². The molecule has 1 aromatic heterocycles. The van der Waals surface area contributed by atoms with Crippen molar-refractivity contribution in [1.82, 2.24) is 9.55 Å². The second kappa shape index (κ2) is 4.35. The van der Waals surface area contributed by atoms with E-state index in [-0.39, 0.29) is 0 Å². The molecular formula is C18H15N3. The number of nitrogens with two attached hydrogens (primary N) is 1. The minimum atomic E-state index is 0.524. The summed E-state index contributed by atoms with van der Waals surface area (Å²) in [5, 5.41) is 2.37. The summed E-state index contributed by atoms with van der Waals surface area (Å²) in [6, 6.07) is 20.7. The maximum atomic E-state index is 6.20. The van der Waals surface area contributed by atoms with Gasteiger partial charge in [0.25, 0.3) is 0 Å². The molecule has 0 atom stereocenters. The number of para-hydroxylation sites is 1. The Morgan fingerprint density at radius 1 is 0.905 bits per heavy atom. The Labute approximate surface area is 122 Å². The highest BCUT2D eigenvalue weighted by molar-refractivity contribution is 5.94. The standard InChI is InChI=1S/C18H15N3/c1-12-6-4-10-15-17(12)21(18(19)20-15)16-11-5-8-13-7-2-3-9-14(13)16/h2-11H,1H3,(H2,19,20). The summed E-state index contributed by atoms with van der Waals surface area (Å²) in [6.45, 7) is 2.09. The fraction of sp³-hybridized carbons (Fsp3) is 0.0556. The van der Waals surface area contributed by atoms with Gasteiger partial charge < -0.3 is 5.73 Å². The van der Waals surface area contributed by atoms with Gasteiger partial charge in [-0.25, -0.2) is 4.98 Å². The largest absolute Gasteiger partial charge is 0.369 e. The van der Waals surface area contributed by atoms with Crippen LogP contribution in [-0.4, -0.2) is 9.55 Å². The van der Waals surface area contributed by atoms with Gasteiger partial charge >= 0.3 is 0 Å². The highest BCUT2D eigenvalue weighted by Crippen LogP contribution is 2.30. The number of aromatic nitrogens is 2. The lowest BCUT2D eigenvalue weighted by Crippen LogP contribution is -2.02. The zero-order valence-corrected chi connectivity index (χ0v) is 11.7. The van der Waals surface area contributed by atoms with Crippen LogP contribution in [0.1, 0.15) is 5.56 Å². The molecule has 0 aliphatic carbocycles.